The third-order valence-corrected chi connectivity index (χ3v) is 3.21. The Labute approximate surface area is 113 Å². The third kappa shape index (κ3) is 1.95. The maximum atomic E-state index is 5.77. The number of nitrogen functional groups attached to an aromatic ring is 1. The Bertz CT molecular complexity index is 725. The van der Waals surface area contributed by atoms with Crippen LogP contribution in [-0.4, -0.2) is 9.97 Å². The van der Waals surface area contributed by atoms with Gasteiger partial charge in [0.25, 0.3) is 0 Å². The molecule has 4 heteroatoms. The Morgan fingerprint density at radius 3 is 2.61 bits per heavy atom. The number of anilines is 1. The zero-order chi connectivity index (χ0) is 12.5. The van der Waals surface area contributed by atoms with E-state index < -0.39 is 0 Å². The maximum absolute atomic E-state index is 5.77. The highest BCUT2D eigenvalue weighted by Gasteiger charge is 2.08. The van der Waals surface area contributed by atoms with E-state index in [1.54, 1.807) is 0 Å². The smallest absolute Gasteiger partial charge is 0.221 e. The van der Waals surface area contributed by atoms with Crippen molar-refractivity contribution in [1.29, 1.82) is 0 Å². The normalized spacial score (nSPS) is 10.7. The summed E-state index contributed by atoms with van der Waals surface area (Å²) in [6.07, 6.45) is 0. The van der Waals surface area contributed by atoms with Crippen LogP contribution >= 0.6 is 15.9 Å². The molecule has 1 heterocycles. The Balaban J connectivity index is 2.34. The fraction of sp³-hybridized carbons (Fsp3) is 0. The van der Waals surface area contributed by atoms with Crippen molar-refractivity contribution in [2.45, 2.75) is 0 Å². The van der Waals surface area contributed by atoms with Crippen molar-refractivity contribution in [1.82, 2.24) is 9.97 Å². The number of benzene rings is 2. The Hall–Kier alpha value is -1.94. The van der Waals surface area contributed by atoms with Crippen LogP contribution < -0.4 is 5.73 Å². The van der Waals surface area contributed by atoms with Gasteiger partial charge in [-0.3, -0.25) is 0 Å². The lowest BCUT2D eigenvalue weighted by Crippen LogP contribution is -1.97. The second-order valence-corrected chi connectivity index (χ2v) is 4.87. The second kappa shape index (κ2) is 4.38. The molecule has 2 aromatic carbocycles. The highest BCUT2D eigenvalue weighted by Crippen LogP contribution is 2.28. The molecule has 0 atom stereocenters. The van der Waals surface area contributed by atoms with Crippen LogP contribution in [0, 0.1) is 0 Å². The summed E-state index contributed by atoms with van der Waals surface area (Å²) in [6, 6.07) is 15.9. The van der Waals surface area contributed by atoms with Gasteiger partial charge in [0, 0.05) is 15.4 Å². The molecule has 0 fully saturated rings. The molecule has 0 bridgehead atoms. The van der Waals surface area contributed by atoms with Crippen LogP contribution in [0.15, 0.2) is 53.0 Å². The summed E-state index contributed by atoms with van der Waals surface area (Å²) in [7, 11) is 0. The van der Waals surface area contributed by atoms with Gasteiger partial charge in [-0.2, -0.15) is 0 Å². The molecule has 0 unspecified atom stereocenters. The van der Waals surface area contributed by atoms with E-state index in [1.807, 2.05) is 48.5 Å². The lowest BCUT2D eigenvalue weighted by Gasteiger charge is -2.07. The molecule has 3 nitrogen and oxygen atoms in total. The highest BCUT2D eigenvalue weighted by molar-refractivity contribution is 9.10. The van der Waals surface area contributed by atoms with Gasteiger partial charge >= 0.3 is 0 Å². The molecule has 0 aliphatic rings. The molecule has 2 N–H and O–H groups in total. The first-order valence-electron chi connectivity index (χ1n) is 5.52. The highest BCUT2D eigenvalue weighted by atomic mass is 79.9. The van der Waals surface area contributed by atoms with Gasteiger partial charge in [0.2, 0.25) is 5.95 Å². The van der Waals surface area contributed by atoms with Crippen LogP contribution in [0.25, 0.3) is 22.2 Å². The third-order valence-electron chi connectivity index (χ3n) is 2.72. The van der Waals surface area contributed by atoms with Crippen molar-refractivity contribution in [3.63, 3.8) is 0 Å². The zero-order valence-electron chi connectivity index (χ0n) is 9.47. The minimum absolute atomic E-state index is 0.295. The van der Waals surface area contributed by atoms with E-state index in [1.165, 1.54) is 0 Å². The lowest BCUT2D eigenvalue weighted by molar-refractivity contribution is 1.24. The molecule has 0 aliphatic heterocycles. The van der Waals surface area contributed by atoms with Crippen molar-refractivity contribution in [2.24, 2.45) is 0 Å². The molecular weight excluding hydrogens is 290 g/mol. The van der Waals surface area contributed by atoms with Crippen molar-refractivity contribution < 1.29 is 0 Å². The van der Waals surface area contributed by atoms with Crippen LogP contribution in [0.2, 0.25) is 0 Å². The van der Waals surface area contributed by atoms with E-state index in [2.05, 4.69) is 25.9 Å². The summed E-state index contributed by atoms with van der Waals surface area (Å²) >= 11 is 3.47. The van der Waals surface area contributed by atoms with Gasteiger partial charge < -0.3 is 5.73 Å². The van der Waals surface area contributed by atoms with E-state index in [-0.39, 0.29) is 0 Å². The quantitative estimate of drug-likeness (QED) is 0.746. The van der Waals surface area contributed by atoms with Crippen LogP contribution in [0.3, 0.4) is 0 Å². The number of rotatable bonds is 1. The molecule has 3 aromatic rings. The number of hydrogen-bond acceptors (Lipinski definition) is 3. The van der Waals surface area contributed by atoms with Crippen molar-refractivity contribution in [3.05, 3.63) is 53.0 Å². The molecule has 0 amide bonds. The topological polar surface area (TPSA) is 51.8 Å². The van der Waals surface area contributed by atoms with E-state index in [9.17, 15) is 0 Å². The van der Waals surface area contributed by atoms with Crippen LogP contribution in [0.1, 0.15) is 0 Å². The van der Waals surface area contributed by atoms with Crippen molar-refractivity contribution >= 4 is 32.8 Å². The summed E-state index contributed by atoms with van der Waals surface area (Å²) in [5.41, 5.74) is 8.51. The van der Waals surface area contributed by atoms with Crippen LogP contribution in [0.4, 0.5) is 5.95 Å². The van der Waals surface area contributed by atoms with Gasteiger partial charge in [-0.15, -0.1) is 0 Å². The lowest BCUT2D eigenvalue weighted by atomic mass is 10.1. The molecule has 0 saturated carbocycles. The number of halogens is 1. The number of aromatic nitrogens is 2. The van der Waals surface area contributed by atoms with Crippen LogP contribution in [-0.2, 0) is 0 Å². The van der Waals surface area contributed by atoms with Crippen LogP contribution in [0.5, 0.6) is 0 Å². The maximum Gasteiger partial charge on any atom is 0.221 e. The number of para-hydroxylation sites is 1. The first kappa shape index (κ1) is 11.2. The fourth-order valence-corrected chi connectivity index (χ4v) is 2.35. The molecule has 3 rings (SSSR count). The monoisotopic (exact) mass is 299 g/mol. The van der Waals surface area contributed by atoms with Crippen molar-refractivity contribution in [3.8, 4) is 11.3 Å². The predicted octanol–water partition coefficient (Wildman–Crippen LogP) is 3.64. The van der Waals surface area contributed by atoms with Gasteiger partial charge in [-0.25, -0.2) is 9.97 Å². The number of nitrogens with zero attached hydrogens (tertiary/aromatic N) is 2. The Morgan fingerprint density at radius 2 is 1.78 bits per heavy atom. The summed E-state index contributed by atoms with van der Waals surface area (Å²) in [5.74, 6) is 0.295. The molecule has 0 radical (unpaired) electrons. The van der Waals surface area contributed by atoms with E-state index >= 15 is 0 Å². The second-order valence-electron chi connectivity index (χ2n) is 3.96. The first-order valence-corrected chi connectivity index (χ1v) is 6.31. The van der Waals surface area contributed by atoms with E-state index in [4.69, 9.17) is 5.73 Å². The average Bonchev–Trinajstić information content (AvgIpc) is 2.37. The van der Waals surface area contributed by atoms with Gasteiger partial charge in [0.1, 0.15) is 0 Å². The summed E-state index contributed by atoms with van der Waals surface area (Å²) < 4.78 is 1.02. The van der Waals surface area contributed by atoms with Crippen molar-refractivity contribution in [2.75, 3.05) is 5.73 Å². The zero-order valence-corrected chi connectivity index (χ0v) is 11.1. The Morgan fingerprint density at radius 1 is 0.944 bits per heavy atom. The minimum atomic E-state index is 0.295. The standard InChI is InChI=1S/C14H10BrN3/c15-10-5-3-4-9(8-10)13-11-6-1-2-7-12(11)17-14(16)18-13/h1-8H,(H2,16,17,18). The number of nitrogens with two attached hydrogens (primary N) is 1. The molecule has 0 saturated heterocycles. The summed E-state index contributed by atoms with van der Waals surface area (Å²) in [5, 5.41) is 1.00. The molecule has 18 heavy (non-hydrogen) atoms. The summed E-state index contributed by atoms with van der Waals surface area (Å²) in [6.45, 7) is 0. The summed E-state index contributed by atoms with van der Waals surface area (Å²) in [4.78, 5) is 8.60. The van der Waals surface area contributed by atoms with E-state index in [0.29, 0.717) is 5.95 Å². The molecule has 1 aromatic heterocycles. The SMILES string of the molecule is Nc1nc(-c2cccc(Br)c2)c2ccccc2n1. The molecule has 0 spiro atoms. The van der Waals surface area contributed by atoms with Gasteiger partial charge in [0.05, 0.1) is 11.2 Å². The number of fused-ring (bicyclic) bond motifs is 1. The largest absolute Gasteiger partial charge is 0.368 e. The average molecular weight is 300 g/mol. The van der Waals surface area contributed by atoms with Gasteiger partial charge in [-0.1, -0.05) is 46.3 Å². The van der Waals surface area contributed by atoms with Gasteiger partial charge in [0.15, 0.2) is 0 Å². The Kier molecular flexibility index (Phi) is 2.72. The fourth-order valence-electron chi connectivity index (χ4n) is 1.95. The molecule has 0 aliphatic carbocycles. The molecular formula is C14H10BrN3. The first-order chi connectivity index (χ1) is 8.74. The predicted molar refractivity (Wildman–Crippen MR) is 77.1 cm³/mol. The minimum Gasteiger partial charge on any atom is -0.368 e. The number of hydrogen-bond donors (Lipinski definition) is 1. The van der Waals surface area contributed by atoms with Gasteiger partial charge in [-0.05, 0) is 18.2 Å². The van der Waals surface area contributed by atoms with E-state index in [0.717, 1.165) is 26.6 Å². The molecule has 88 valence electrons.